The van der Waals surface area contributed by atoms with E-state index in [-0.39, 0.29) is 0 Å². The molecule has 35 heavy (non-hydrogen) atoms. The summed E-state index contributed by atoms with van der Waals surface area (Å²) in [5.74, 6) is 0.232. The number of aromatic nitrogens is 1. The molecule has 0 spiro atoms. The zero-order chi connectivity index (χ0) is 24.5. The molecule has 5 rings (SSSR count). The van der Waals surface area contributed by atoms with Gasteiger partial charge in [-0.2, -0.15) is 0 Å². The van der Waals surface area contributed by atoms with Gasteiger partial charge in [-0.25, -0.2) is 9.59 Å². The van der Waals surface area contributed by atoms with Crippen LogP contribution < -0.4 is 4.74 Å². The van der Waals surface area contributed by atoms with Crippen LogP contribution in [0.5, 0.6) is 5.75 Å². The van der Waals surface area contributed by atoms with E-state index in [0.29, 0.717) is 22.4 Å². The lowest BCUT2D eigenvalue weighted by molar-refractivity contribution is 0.0604. The number of carbonyl (C=O) groups is 2. The van der Waals surface area contributed by atoms with E-state index < -0.39 is 18.1 Å². The van der Waals surface area contributed by atoms with Crippen LogP contribution >= 0.6 is 0 Å². The molecule has 7 nitrogen and oxygen atoms in total. The molecular weight excluding hydrogens is 444 g/mol. The first-order chi connectivity index (χ1) is 17.1. The number of methoxy groups -OCH3 is 3. The van der Waals surface area contributed by atoms with Crippen LogP contribution in [0.3, 0.4) is 0 Å². The van der Waals surface area contributed by atoms with E-state index in [9.17, 15) is 9.59 Å². The lowest BCUT2D eigenvalue weighted by atomic mass is 9.89. The van der Waals surface area contributed by atoms with Crippen molar-refractivity contribution in [3.63, 3.8) is 0 Å². The number of rotatable bonds is 4. The highest BCUT2D eigenvalue weighted by Crippen LogP contribution is 2.44. The molecule has 7 heteroatoms. The quantitative estimate of drug-likeness (QED) is 0.368. The number of amides is 1. The Morgan fingerprint density at radius 1 is 0.857 bits per heavy atom. The second-order valence-corrected chi connectivity index (χ2v) is 8.04. The van der Waals surface area contributed by atoms with Gasteiger partial charge >= 0.3 is 12.1 Å². The fraction of sp³-hybridized carbons (Fsp3) is 0.143. The molecule has 0 bridgehead atoms. The third-order valence-corrected chi connectivity index (χ3v) is 6.28. The Labute approximate surface area is 202 Å². The number of benzene rings is 2. The number of carbonyl (C=O) groups excluding carboxylic acids is 2. The van der Waals surface area contributed by atoms with Crippen molar-refractivity contribution in [2.24, 2.45) is 0 Å². The molecule has 4 aromatic rings. The van der Waals surface area contributed by atoms with Crippen molar-refractivity contribution in [3.05, 3.63) is 102 Å². The summed E-state index contributed by atoms with van der Waals surface area (Å²) in [6, 6.07) is 20.4. The summed E-state index contributed by atoms with van der Waals surface area (Å²) in [5.41, 5.74) is 5.20. The van der Waals surface area contributed by atoms with Crippen LogP contribution in [0.4, 0.5) is 4.79 Å². The minimum Gasteiger partial charge on any atom is -0.497 e. The van der Waals surface area contributed by atoms with Crippen molar-refractivity contribution in [1.29, 1.82) is 0 Å². The summed E-state index contributed by atoms with van der Waals surface area (Å²) < 4.78 is 17.6. The van der Waals surface area contributed by atoms with Crippen molar-refractivity contribution >= 4 is 23.7 Å². The van der Waals surface area contributed by atoms with Gasteiger partial charge in [0.1, 0.15) is 11.8 Å². The lowest BCUT2D eigenvalue weighted by Crippen LogP contribution is -2.34. The largest absolute Gasteiger partial charge is 0.497 e. The van der Waals surface area contributed by atoms with E-state index in [4.69, 9.17) is 14.2 Å². The standard InChI is InChI=1S/C28H24N2O5/c1-33-20-13-11-19(12-14-20)23-24(27(31)34-2)22-10-6-7-16-29(22)26(23)25-21-9-5-4-8-18(21)15-17-30(25)28(32)35-3/h4-17,25H,1-3H3/t25-/m1/s1. The smallest absolute Gasteiger partial charge is 0.414 e. The van der Waals surface area contributed by atoms with Gasteiger partial charge in [-0.3, -0.25) is 4.90 Å². The first-order valence-electron chi connectivity index (χ1n) is 11.1. The van der Waals surface area contributed by atoms with Gasteiger partial charge in [0.2, 0.25) is 0 Å². The second-order valence-electron chi connectivity index (χ2n) is 8.04. The van der Waals surface area contributed by atoms with Gasteiger partial charge in [0, 0.05) is 18.0 Å². The van der Waals surface area contributed by atoms with Crippen molar-refractivity contribution in [3.8, 4) is 16.9 Å². The Hall–Kier alpha value is -4.52. The van der Waals surface area contributed by atoms with Gasteiger partial charge in [0.05, 0.1) is 38.1 Å². The van der Waals surface area contributed by atoms with Crippen LogP contribution in [0.1, 0.15) is 33.2 Å². The number of hydrogen-bond acceptors (Lipinski definition) is 5. The third-order valence-electron chi connectivity index (χ3n) is 6.28. The van der Waals surface area contributed by atoms with E-state index >= 15 is 0 Å². The molecule has 0 aliphatic carbocycles. The molecule has 0 fully saturated rings. The van der Waals surface area contributed by atoms with Crippen LogP contribution in [-0.2, 0) is 9.47 Å². The molecule has 1 atom stereocenters. The zero-order valence-corrected chi connectivity index (χ0v) is 19.6. The van der Waals surface area contributed by atoms with Crippen LogP contribution in [0, 0.1) is 0 Å². The minimum atomic E-state index is -0.561. The van der Waals surface area contributed by atoms with Gasteiger partial charge in [-0.1, -0.05) is 42.5 Å². The number of nitrogens with zero attached hydrogens (tertiary/aromatic N) is 2. The Balaban J connectivity index is 1.90. The number of ether oxygens (including phenoxy) is 3. The first-order valence-corrected chi connectivity index (χ1v) is 11.1. The van der Waals surface area contributed by atoms with Gasteiger partial charge in [-0.05, 0) is 47.0 Å². The highest BCUT2D eigenvalue weighted by Gasteiger charge is 2.37. The Morgan fingerprint density at radius 3 is 2.31 bits per heavy atom. The maximum atomic E-state index is 13.2. The molecule has 0 N–H and O–H groups in total. The molecule has 1 aliphatic heterocycles. The molecule has 1 amide bonds. The van der Waals surface area contributed by atoms with Crippen LogP contribution in [0.2, 0.25) is 0 Å². The first kappa shape index (κ1) is 22.3. The maximum Gasteiger partial charge on any atom is 0.414 e. The molecule has 0 saturated heterocycles. The van der Waals surface area contributed by atoms with Crippen LogP contribution in [0.25, 0.3) is 22.7 Å². The average molecular weight is 469 g/mol. The summed E-state index contributed by atoms with van der Waals surface area (Å²) >= 11 is 0. The molecule has 0 unspecified atom stereocenters. The summed E-state index contributed by atoms with van der Waals surface area (Å²) in [6.07, 6.45) is 4.98. The fourth-order valence-electron chi connectivity index (χ4n) is 4.72. The summed E-state index contributed by atoms with van der Waals surface area (Å²) in [6.45, 7) is 0. The lowest BCUT2D eigenvalue weighted by Gasteiger charge is -2.33. The van der Waals surface area contributed by atoms with Crippen molar-refractivity contribution < 1.29 is 23.8 Å². The number of hydrogen-bond donors (Lipinski definition) is 0. The molecule has 0 radical (unpaired) electrons. The third kappa shape index (κ3) is 3.61. The van der Waals surface area contributed by atoms with Crippen molar-refractivity contribution in [1.82, 2.24) is 9.30 Å². The molecule has 1 aliphatic rings. The van der Waals surface area contributed by atoms with Gasteiger partial charge in [0.25, 0.3) is 0 Å². The van der Waals surface area contributed by atoms with Gasteiger partial charge in [-0.15, -0.1) is 0 Å². The highest BCUT2D eigenvalue weighted by molar-refractivity contribution is 6.06. The summed E-state index contributed by atoms with van der Waals surface area (Å²) in [4.78, 5) is 27.7. The molecule has 3 heterocycles. The highest BCUT2D eigenvalue weighted by atomic mass is 16.5. The van der Waals surface area contributed by atoms with E-state index in [2.05, 4.69) is 0 Å². The number of pyridine rings is 1. The average Bonchev–Trinajstić information content (AvgIpc) is 3.26. The minimum absolute atomic E-state index is 0.421. The van der Waals surface area contributed by atoms with Gasteiger partial charge in [0.15, 0.2) is 0 Å². The van der Waals surface area contributed by atoms with Gasteiger partial charge < -0.3 is 18.6 Å². The van der Waals surface area contributed by atoms with E-state index in [1.54, 1.807) is 18.2 Å². The topological polar surface area (TPSA) is 69.5 Å². The Kier molecular flexibility index (Phi) is 5.74. The van der Waals surface area contributed by atoms with E-state index in [1.807, 2.05) is 83.4 Å². The molecule has 0 saturated carbocycles. The Morgan fingerprint density at radius 2 is 1.60 bits per heavy atom. The summed E-state index contributed by atoms with van der Waals surface area (Å²) in [5, 5.41) is 0. The number of esters is 1. The van der Waals surface area contributed by atoms with E-state index in [1.165, 1.54) is 14.2 Å². The molecule has 2 aromatic heterocycles. The molecule has 176 valence electrons. The molecule has 2 aromatic carbocycles. The monoisotopic (exact) mass is 468 g/mol. The maximum absolute atomic E-state index is 13.2. The van der Waals surface area contributed by atoms with E-state index in [0.717, 1.165) is 22.4 Å². The van der Waals surface area contributed by atoms with Crippen molar-refractivity contribution in [2.45, 2.75) is 6.04 Å². The second kappa shape index (κ2) is 9.02. The predicted molar refractivity (Wildman–Crippen MR) is 132 cm³/mol. The van der Waals surface area contributed by atoms with Crippen molar-refractivity contribution in [2.75, 3.05) is 21.3 Å². The Bertz CT molecular complexity index is 1450. The normalized spacial score (nSPS) is 14.5. The summed E-state index contributed by atoms with van der Waals surface area (Å²) in [7, 11) is 4.33. The van der Waals surface area contributed by atoms with Crippen LogP contribution in [0.15, 0.2) is 79.1 Å². The number of fused-ring (bicyclic) bond motifs is 2. The SMILES string of the molecule is COC(=O)c1c(-c2ccc(OC)cc2)c([C@H]2c3ccccc3C=CN2C(=O)OC)n2ccccc12. The predicted octanol–water partition coefficient (Wildman–Crippen LogP) is 5.54. The van der Waals surface area contributed by atoms with Crippen LogP contribution in [-0.4, -0.2) is 42.7 Å². The zero-order valence-electron chi connectivity index (χ0n) is 19.6. The fourth-order valence-corrected chi connectivity index (χ4v) is 4.72. The molecular formula is C28H24N2O5.